The van der Waals surface area contributed by atoms with E-state index in [9.17, 15) is 9.18 Å². The molecule has 4 heterocycles. The molecule has 0 spiro atoms. The Hall–Kier alpha value is -3.83. The first-order chi connectivity index (χ1) is 18.7. The molecule has 7 nitrogen and oxygen atoms in total. The average Bonchev–Trinajstić information content (AvgIpc) is 2.93. The molecule has 1 fully saturated rings. The van der Waals surface area contributed by atoms with Crippen LogP contribution in [0.4, 0.5) is 15.8 Å². The number of rotatable bonds is 5. The van der Waals surface area contributed by atoms with Gasteiger partial charge in [0.25, 0.3) is 11.2 Å². The molecule has 0 radical (unpaired) electrons. The van der Waals surface area contributed by atoms with Gasteiger partial charge in [0, 0.05) is 24.0 Å². The third-order valence-corrected chi connectivity index (χ3v) is 7.45. The normalized spacial score (nSPS) is 13.9. The van der Waals surface area contributed by atoms with Gasteiger partial charge < -0.3 is 4.90 Å². The van der Waals surface area contributed by atoms with E-state index < -0.39 is 11.4 Å². The monoisotopic (exact) mass is 544 g/mol. The summed E-state index contributed by atoms with van der Waals surface area (Å²) in [6.07, 6.45) is 4.51. The Labute approximate surface area is 232 Å². The minimum absolute atomic E-state index is 0.00849. The Morgan fingerprint density at radius 1 is 1.00 bits per heavy atom. The van der Waals surface area contributed by atoms with Gasteiger partial charge in [-0.15, -0.1) is 0 Å². The van der Waals surface area contributed by atoms with E-state index in [1.54, 1.807) is 24.3 Å². The predicted molar refractivity (Wildman–Crippen MR) is 154 cm³/mol. The molecular weight excluding hydrogens is 515 g/mol. The van der Waals surface area contributed by atoms with E-state index in [0.717, 1.165) is 32.4 Å². The Morgan fingerprint density at radius 3 is 2.23 bits per heavy atom. The van der Waals surface area contributed by atoms with Gasteiger partial charge in [-0.05, 0) is 49.3 Å². The maximum atomic E-state index is 15.0. The zero-order valence-corrected chi connectivity index (χ0v) is 23.3. The molecule has 1 aliphatic heterocycles. The van der Waals surface area contributed by atoms with Crippen molar-refractivity contribution < 1.29 is 4.39 Å². The van der Waals surface area contributed by atoms with Crippen LogP contribution in [0.2, 0.25) is 5.02 Å². The van der Waals surface area contributed by atoms with Crippen LogP contribution in [0.3, 0.4) is 0 Å². The molecule has 200 valence electrons. The number of hydrogen-bond donors (Lipinski definition) is 0. The quantitative estimate of drug-likeness (QED) is 0.244. The first-order valence-electron chi connectivity index (χ1n) is 13.3. The average molecular weight is 545 g/mol. The van der Waals surface area contributed by atoms with E-state index in [0.29, 0.717) is 33.8 Å². The van der Waals surface area contributed by atoms with Crippen LogP contribution >= 0.6 is 11.6 Å². The number of halogens is 2. The van der Waals surface area contributed by atoms with Gasteiger partial charge in [-0.25, -0.2) is 24.2 Å². The molecular formula is C30H30ClFN6O. The Bertz CT molecular complexity index is 1640. The number of hydrogen-bond acceptors (Lipinski definition) is 5. The molecule has 4 aromatic rings. The maximum Gasteiger partial charge on any atom is 0.274 e. The summed E-state index contributed by atoms with van der Waals surface area (Å²) in [5.74, 6) is -0.555. The summed E-state index contributed by atoms with van der Waals surface area (Å²) in [6.45, 7) is 17.5. The molecule has 3 aromatic heterocycles. The van der Waals surface area contributed by atoms with Crippen molar-refractivity contribution in [3.63, 3.8) is 0 Å². The summed E-state index contributed by atoms with van der Waals surface area (Å²) in [7, 11) is 0. The van der Waals surface area contributed by atoms with Crippen molar-refractivity contribution in [1.29, 1.82) is 0 Å². The fourth-order valence-electron chi connectivity index (χ4n) is 5.32. The van der Waals surface area contributed by atoms with E-state index in [1.165, 1.54) is 17.0 Å². The van der Waals surface area contributed by atoms with Crippen LogP contribution in [0.5, 0.6) is 0 Å². The van der Waals surface area contributed by atoms with Gasteiger partial charge in [0.05, 0.1) is 40.1 Å². The van der Waals surface area contributed by atoms with E-state index >= 15 is 0 Å². The molecule has 39 heavy (non-hydrogen) atoms. The highest BCUT2D eigenvalue weighted by Gasteiger charge is 2.29. The van der Waals surface area contributed by atoms with Crippen molar-refractivity contribution in [2.45, 2.75) is 58.8 Å². The molecule has 9 heteroatoms. The fourth-order valence-corrected chi connectivity index (χ4v) is 5.58. The predicted octanol–water partition coefficient (Wildman–Crippen LogP) is 7.42. The van der Waals surface area contributed by atoms with Crippen molar-refractivity contribution in [2.24, 2.45) is 0 Å². The molecule has 0 unspecified atom stereocenters. The van der Waals surface area contributed by atoms with Gasteiger partial charge in [0.1, 0.15) is 17.8 Å². The van der Waals surface area contributed by atoms with Crippen molar-refractivity contribution >= 4 is 34.0 Å². The highest BCUT2D eigenvalue weighted by Crippen LogP contribution is 2.41. The summed E-state index contributed by atoms with van der Waals surface area (Å²) in [6, 6.07) is 8.00. The Balaban J connectivity index is 2.00. The molecule has 0 aliphatic carbocycles. The number of fused-ring (bicyclic) bond motifs is 1. The Morgan fingerprint density at radius 2 is 1.64 bits per heavy atom. The van der Waals surface area contributed by atoms with Gasteiger partial charge in [0.2, 0.25) is 0 Å². The lowest BCUT2D eigenvalue weighted by atomic mass is 10.0. The van der Waals surface area contributed by atoms with Gasteiger partial charge in [0.15, 0.2) is 0 Å². The third kappa shape index (κ3) is 4.65. The van der Waals surface area contributed by atoms with E-state index in [1.807, 2.05) is 27.7 Å². The first kappa shape index (κ1) is 26.8. The second-order valence-corrected chi connectivity index (χ2v) is 10.9. The zero-order chi connectivity index (χ0) is 27.8. The van der Waals surface area contributed by atoms with Crippen molar-refractivity contribution in [1.82, 2.24) is 19.5 Å². The van der Waals surface area contributed by atoms with Crippen molar-refractivity contribution in [3.05, 3.63) is 80.7 Å². The Kier molecular flexibility index (Phi) is 7.37. The van der Waals surface area contributed by atoms with Crippen LogP contribution in [0.1, 0.15) is 70.2 Å². The lowest BCUT2D eigenvalue weighted by Gasteiger charge is -2.31. The number of benzene rings is 1. The summed E-state index contributed by atoms with van der Waals surface area (Å²) >= 11 is 6.78. The van der Waals surface area contributed by atoms with Crippen LogP contribution in [-0.4, -0.2) is 32.6 Å². The molecule has 0 bridgehead atoms. The molecule has 0 amide bonds. The summed E-state index contributed by atoms with van der Waals surface area (Å²) in [5, 5.41) is 0.810. The third-order valence-electron chi connectivity index (χ3n) is 7.16. The lowest BCUT2D eigenvalue weighted by molar-refractivity contribution is 0.579. The van der Waals surface area contributed by atoms with Crippen LogP contribution in [0.25, 0.3) is 32.8 Å². The number of anilines is 1. The molecule has 5 rings (SSSR count). The van der Waals surface area contributed by atoms with E-state index in [4.69, 9.17) is 23.2 Å². The van der Waals surface area contributed by atoms with Gasteiger partial charge in [-0.2, -0.15) is 0 Å². The van der Waals surface area contributed by atoms with Gasteiger partial charge in [-0.3, -0.25) is 9.36 Å². The van der Waals surface area contributed by atoms with Gasteiger partial charge >= 0.3 is 0 Å². The van der Waals surface area contributed by atoms with Crippen LogP contribution in [0.15, 0.2) is 41.5 Å². The summed E-state index contributed by atoms with van der Waals surface area (Å²) in [4.78, 5) is 34.2. The topological polar surface area (TPSA) is 68.3 Å². The number of pyridine rings is 2. The molecule has 0 atom stereocenters. The molecule has 0 saturated carbocycles. The largest absolute Gasteiger partial charge is 0.380 e. The highest BCUT2D eigenvalue weighted by atomic mass is 35.5. The first-order valence-corrected chi connectivity index (χ1v) is 13.6. The number of aromatic nitrogens is 4. The van der Waals surface area contributed by atoms with Crippen molar-refractivity contribution in [2.75, 3.05) is 18.0 Å². The molecule has 1 aliphatic rings. The maximum absolute atomic E-state index is 15.0. The highest BCUT2D eigenvalue weighted by molar-refractivity contribution is 6.34. The molecule has 0 N–H and O–H groups in total. The summed E-state index contributed by atoms with van der Waals surface area (Å²) < 4.78 is 16.4. The van der Waals surface area contributed by atoms with Crippen LogP contribution < -0.4 is 10.5 Å². The summed E-state index contributed by atoms with van der Waals surface area (Å²) in [5.41, 5.74) is 2.66. The number of nitrogens with zero attached hydrogens (tertiary/aromatic N) is 6. The van der Waals surface area contributed by atoms with E-state index in [2.05, 4.69) is 19.7 Å². The van der Waals surface area contributed by atoms with Crippen molar-refractivity contribution in [3.8, 4) is 16.9 Å². The lowest BCUT2D eigenvalue weighted by Crippen LogP contribution is -2.32. The minimum Gasteiger partial charge on any atom is -0.380 e. The molecule has 1 aromatic carbocycles. The van der Waals surface area contributed by atoms with Crippen LogP contribution in [0, 0.1) is 12.4 Å². The zero-order valence-electron chi connectivity index (χ0n) is 22.5. The minimum atomic E-state index is -0.494. The van der Waals surface area contributed by atoms with Gasteiger partial charge in [-0.1, -0.05) is 51.4 Å². The SMILES string of the molecule is [C-]#[N+]c1c(N2CCCCC2)c2cc(Cl)c(-c3ccccc3F)nc2n(-c2c(C(C)C)ncnc2C(C)C)c1=O. The standard InChI is InChI=1S/C30H30ClFN6O/c1-17(2)23-28(24(18(3)4)35-16-34-23)38-29-20(15-21(31)25(36-29)19-11-7-8-12-22(19)32)27(26(33-5)30(38)39)37-13-9-6-10-14-37/h7-8,11-12,15-18H,6,9-10,13-14H2,1-4H3. The molecule has 1 saturated heterocycles. The fraction of sp³-hybridized carbons (Fsp3) is 0.367. The van der Waals surface area contributed by atoms with E-state index in [-0.39, 0.29) is 33.8 Å². The second-order valence-electron chi connectivity index (χ2n) is 10.5. The second kappa shape index (κ2) is 10.7. The van der Waals surface area contributed by atoms with Crippen LogP contribution in [-0.2, 0) is 0 Å². The number of piperidine rings is 1. The smallest absolute Gasteiger partial charge is 0.274 e.